The van der Waals surface area contributed by atoms with Crippen molar-refractivity contribution in [2.75, 3.05) is 0 Å². The molecule has 2 unspecified atom stereocenters. The van der Waals surface area contributed by atoms with E-state index < -0.39 is 40.1 Å². The molecule has 0 fully saturated rings. The normalized spacial score (nSPS) is 13.0. The number of rotatable bonds is 10. The Balaban J connectivity index is 1.78. The summed E-state index contributed by atoms with van der Waals surface area (Å²) in [6, 6.07) is 19.7. The van der Waals surface area contributed by atoms with Gasteiger partial charge in [0.2, 0.25) is 0 Å². The van der Waals surface area contributed by atoms with Crippen molar-refractivity contribution >= 4 is 22.1 Å². The fraction of sp³-hybridized carbons (Fsp3) is 0.259. The Morgan fingerprint density at radius 1 is 0.861 bits per heavy atom. The zero-order chi connectivity index (χ0) is 26.3. The third-order valence-corrected chi connectivity index (χ3v) is 6.48. The van der Waals surface area contributed by atoms with Gasteiger partial charge in [0.05, 0.1) is 6.10 Å². The zero-order valence-corrected chi connectivity index (χ0v) is 21.1. The molecule has 8 nitrogen and oxygen atoms in total. The lowest BCUT2D eigenvalue weighted by atomic mass is 9.91. The van der Waals surface area contributed by atoms with Gasteiger partial charge < -0.3 is 19.4 Å². The molecule has 190 valence electrons. The highest BCUT2D eigenvalue weighted by Crippen LogP contribution is 2.26. The van der Waals surface area contributed by atoms with E-state index in [1.54, 1.807) is 38.1 Å². The van der Waals surface area contributed by atoms with E-state index in [2.05, 4.69) is 0 Å². The van der Waals surface area contributed by atoms with Crippen LogP contribution in [0.25, 0.3) is 0 Å². The van der Waals surface area contributed by atoms with Gasteiger partial charge in [0.1, 0.15) is 29.2 Å². The maximum absolute atomic E-state index is 12.9. The van der Waals surface area contributed by atoms with Gasteiger partial charge in [0, 0.05) is 0 Å². The molecule has 3 aromatic rings. The van der Waals surface area contributed by atoms with Crippen molar-refractivity contribution in [2.45, 2.75) is 50.3 Å². The number of nitrogens with two attached hydrogens (primary N) is 1. The van der Waals surface area contributed by atoms with Gasteiger partial charge in [0.15, 0.2) is 0 Å². The number of esters is 2. The molecule has 0 amide bonds. The van der Waals surface area contributed by atoms with Gasteiger partial charge in [0.25, 0.3) is 0 Å². The fourth-order valence-electron chi connectivity index (χ4n) is 3.37. The molecule has 2 atom stereocenters. The Kier molecular flexibility index (Phi) is 8.84. The SMILES string of the molecule is Cc1ccc(S(=O)(=O)Oc2ccc(C(C(=O)OC(C)C)C(N)C(=O)OCc3ccccc3)cc2)cc1. The first-order valence-corrected chi connectivity index (χ1v) is 12.8. The van der Waals surface area contributed by atoms with Crippen molar-refractivity contribution in [3.8, 4) is 5.75 Å². The second kappa shape index (κ2) is 11.8. The standard InChI is InChI=1S/C27H29NO7S/c1-18(2)34-26(29)24(25(28)27(30)33-17-20-7-5-4-6-8-20)21-11-13-22(14-12-21)35-36(31,32)23-15-9-19(3)10-16-23/h4-16,18,24-25H,17,28H2,1-3H3. The van der Waals surface area contributed by atoms with E-state index in [1.165, 1.54) is 36.4 Å². The van der Waals surface area contributed by atoms with Gasteiger partial charge in [-0.15, -0.1) is 0 Å². The van der Waals surface area contributed by atoms with Gasteiger partial charge in [-0.1, -0.05) is 60.2 Å². The van der Waals surface area contributed by atoms with E-state index in [1.807, 2.05) is 25.1 Å². The first-order chi connectivity index (χ1) is 17.1. The van der Waals surface area contributed by atoms with Crippen LogP contribution in [0.1, 0.15) is 36.5 Å². The molecule has 0 saturated heterocycles. The highest BCUT2D eigenvalue weighted by molar-refractivity contribution is 7.87. The molecular formula is C27H29NO7S. The number of carbonyl (C=O) groups excluding carboxylic acids is 2. The Labute approximate surface area is 211 Å². The summed E-state index contributed by atoms with van der Waals surface area (Å²) in [6.07, 6.45) is -0.435. The van der Waals surface area contributed by atoms with Crippen molar-refractivity contribution < 1.29 is 31.7 Å². The van der Waals surface area contributed by atoms with E-state index in [4.69, 9.17) is 19.4 Å². The van der Waals surface area contributed by atoms with Crippen molar-refractivity contribution in [1.29, 1.82) is 0 Å². The summed E-state index contributed by atoms with van der Waals surface area (Å²) in [4.78, 5) is 25.6. The predicted molar refractivity (Wildman–Crippen MR) is 134 cm³/mol. The highest BCUT2D eigenvalue weighted by atomic mass is 32.2. The number of hydrogen-bond donors (Lipinski definition) is 1. The zero-order valence-electron chi connectivity index (χ0n) is 20.3. The van der Waals surface area contributed by atoms with Gasteiger partial charge in [-0.25, -0.2) is 0 Å². The summed E-state index contributed by atoms with van der Waals surface area (Å²) in [5, 5.41) is 0. The summed E-state index contributed by atoms with van der Waals surface area (Å²) in [5.74, 6) is -2.60. The van der Waals surface area contributed by atoms with E-state index in [-0.39, 0.29) is 17.3 Å². The van der Waals surface area contributed by atoms with Crippen molar-refractivity contribution in [3.63, 3.8) is 0 Å². The number of carbonyl (C=O) groups is 2. The van der Waals surface area contributed by atoms with Crippen LogP contribution < -0.4 is 9.92 Å². The second-order valence-electron chi connectivity index (χ2n) is 8.50. The van der Waals surface area contributed by atoms with Gasteiger partial charge in [-0.3, -0.25) is 9.59 Å². The van der Waals surface area contributed by atoms with Crippen LogP contribution in [0.5, 0.6) is 5.75 Å². The topological polar surface area (TPSA) is 122 Å². The lowest BCUT2D eigenvalue weighted by molar-refractivity contribution is -0.156. The number of benzene rings is 3. The average Bonchev–Trinajstić information content (AvgIpc) is 2.84. The molecule has 0 aliphatic carbocycles. The van der Waals surface area contributed by atoms with Crippen LogP contribution in [0, 0.1) is 6.92 Å². The monoisotopic (exact) mass is 511 g/mol. The maximum Gasteiger partial charge on any atom is 0.339 e. The number of ether oxygens (including phenoxy) is 2. The minimum atomic E-state index is -4.05. The quantitative estimate of drug-likeness (QED) is 0.322. The molecule has 0 aliphatic heterocycles. The smallest absolute Gasteiger partial charge is 0.339 e. The number of aryl methyl sites for hydroxylation is 1. The molecular weight excluding hydrogens is 482 g/mol. The molecule has 0 saturated carbocycles. The summed E-state index contributed by atoms with van der Waals surface area (Å²) >= 11 is 0. The van der Waals surface area contributed by atoms with Crippen LogP contribution in [-0.2, 0) is 35.8 Å². The van der Waals surface area contributed by atoms with E-state index >= 15 is 0 Å². The molecule has 3 rings (SSSR count). The Morgan fingerprint density at radius 3 is 2.06 bits per heavy atom. The third-order valence-electron chi connectivity index (χ3n) is 5.22. The minimum absolute atomic E-state index is 0.00295. The van der Waals surface area contributed by atoms with Crippen LogP contribution in [-0.4, -0.2) is 32.5 Å². The van der Waals surface area contributed by atoms with Crippen LogP contribution in [0.2, 0.25) is 0 Å². The first kappa shape index (κ1) is 26.9. The van der Waals surface area contributed by atoms with E-state index in [0.717, 1.165) is 11.1 Å². The predicted octanol–water partition coefficient (Wildman–Crippen LogP) is 3.87. The van der Waals surface area contributed by atoms with Gasteiger partial charge >= 0.3 is 22.1 Å². The van der Waals surface area contributed by atoms with Crippen LogP contribution in [0.3, 0.4) is 0 Å². The Bertz CT molecular complexity index is 1270. The summed E-state index contributed by atoms with van der Waals surface area (Å²) < 4.78 is 41.0. The molecule has 0 aliphatic rings. The lowest BCUT2D eigenvalue weighted by Gasteiger charge is -2.23. The Hall–Kier alpha value is -3.69. The molecule has 0 radical (unpaired) electrons. The minimum Gasteiger partial charge on any atom is -0.462 e. The summed E-state index contributed by atoms with van der Waals surface area (Å²) in [6.45, 7) is 5.21. The third kappa shape index (κ3) is 7.16. The van der Waals surface area contributed by atoms with E-state index in [0.29, 0.717) is 5.56 Å². The van der Waals surface area contributed by atoms with Gasteiger partial charge in [-0.05, 0) is 56.2 Å². The summed E-state index contributed by atoms with van der Waals surface area (Å²) in [7, 11) is -4.05. The van der Waals surface area contributed by atoms with Crippen molar-refractivity contribution in [3.05, 3.63) is 95.6 Å². The van der Waals surface area contributed by atoms with Crippen molar-refractivity contribution in [1.82, 2.24) is 0 Å². The maximum atomic E-state index is 12.9. The van der Waals surface area contributed by atoms with Crippen molar-refractivity contribution in [2.24, 2.45) is 5.73 Å². The molecule has 0 bridgehead atoms. The first-order valence-electron chi connectivity index (χ1n) is 11.3. The van der Waals surface area contributed by atoms with Gasteiger partial charge in [-0.2, -0.15) is 8.42 Å². The highest BCUT2D eigenvalue weighted by Gasteiger charge is 2.35. The number of hydrogen-bond acceptors (Lipinski definition) is 8. The molecule has 2 N–H and O–H groups in total. The lowest BCUT2D eigenvalue weighted by Crippen LogP contribution is -2.42. The molecule has 36 heavy (non-hydrogen) atoms. The largest absolute Gasteiger partial charge is 0.462 e. The molecule has 9 heteroatoms. The molecule has 0 spiro atoms. The fourth-order valence-corrected chi connectivity index (χ4v) is 4.30. The average molecular weight is 512 g/mol. The van der Waals surface area contributed by atoms with Crippen LogP contribution in [0.15, 0.2) is 83.8 Å². The summed E-state index contributed by atoms with van der Waals surface area (Å²) in [5.41, 5.74) is 8.20. The van der Waals surface area contributed by atoms with Crippen LogP contribution in [0.4, 0.5) is 0 Å². The molecule has 3 aromatic carbocycles. The molecule has 0 heterocycles. The molecule has 0 aromatic heterocycles. The van der Waals surface area contributed by atoms with E-state index in [9.17, 15) is 18.0 Å². The Morgan fingerprint density at radius 2 is 1.47 bits per heavy atom. The van der Waals surface area contributed by atoms with Crippen LogP contribution >= 0.6 is 0 Å². The second-order valence-corrected chi connectivity index (χ2v) is 10.0.